The molecule has 0 heterocycles. The SMILES string of the molecule is CCNC(=NCC(C)(C)NC(=O)OC(C)(C)C)NCCNC(=O)c1ccc(O)cc1. The highest BCUT2D eigenvalue weighted by Crippen LogP contribution is 2.10. The number of amides is 2. The van der Waals surface area contributed by atoms with Gasteiger partial charge < -0.3 is 31.1 Å². The molecule has 1 aromatic rings. The molecule has 9 nitrogen and oxygen atoms in total. The Morgan fingerprint density at radius 2 is 1.60 bits per heavy atom. The second kappa shape index (κ2) is 11.3. The number of carbonyl (C=O) groups excluding carboxylic acids is 2. The van der Waals surface area contributed by atoms with Crippen LogP contribution >= 0.6 is 0 Å². The number of ether oxygens (including phenoxy) is 1. The number of carbonyl (C=O) groups is 2. The van der Waals surface area contributed by atoms with Gasteiger partial charge in [-0.25, -0.2) is 4.79 Å². The van der Waals surface area contributed by atoms with E-state index in [9.17, 15) is 14.7 Å². The van der Waals surface area contributed by atoms with E-state index in [2.05, 4.69) is 26.3 Å². The highest BCUT2D eigenvalue weighted by molar-refractivity contribution is 5.94. The van der Waals surface area contributed by atoms with Crippen molar-refractivity contribution in [2.24, 2.45) is 4.99 Å². The minimum absolute atomic E-state index is 0.115. The van der Waals surface area contributed by atoms with Gasteiger partial charge in [-0.15, -0.1) is 0 Å². The Morgan fingerprint density at radius 3 is 2.17 bits per heavy atom. The predicted molar refractivity (Wildman–Crippen MR) is 118 cm³/mol. The molecule has 0 saturated carbocycles. The summed E-state index contributed by atoms with van der Waals surface area (Å²) in [5.41, 5.74) is -0.689. The smallest absolute Gasteiger partial charge is 0.408 e. The van der Waals surface area contributed by atoms with Crippen molar-refractivity contribution in [3.05, 3.63) is 29.8 Å². The summed E-state index contributed by atoms with van der Waals surface area (Å²) in [6.45, 7) is 13.0. The molecule has 0 fully saturated rings. The predicted octanol–water partition coefficient (Wildman–Crippen LogP) is 1.98. The lowest BCUT2D eigenvalue weighted by Gasteiger charge is -2.27. The summed E-state index contributed by atoms with van der Waals surface area (Å²) in [6, 6.07) is 6.05. The summed E-state index contributed by atoms with van der Waals surface area (Å²) in [7, 11) is 0. The number of aliphatic imine (C=N–C) groups is 1. The standard InChI is InChI=1S/C21H35N5O4/c1-7-22-18(25-14-21(5,6)26-19(29)30-20(2,3)4)24-13-12-23-17(28)15-8-10-16(27)11-9-15/h8-11,27H,7,12-14H2,1-6H3,(H,23,28)(H,26,29)(H2,22,24,25). The van der Waals surface area contributed by atoms with Crippen LogP contribution in [-0.4, -0.2) is 60.4 Å². The van der Waals surface area contributed by atoms with Gasteiger partial charge in [0.05, 0.1) is 12.1 Å². The van der Waals surface area contributed by atoms with Crippen molar-refractivity contribution >= 4 is 18.0 Å². The van der Waals surface area contributed by atoms with E-state index in [0.29, 0.717) is 37.7 Å². The maximum Gasteiger partial charge on any atom is 0.408 e. The monoisotopic (exact) mass is 421 g/mol. The van der Waals surface area contributed by atoms with Crippen molar-refractivity contribution in [1.82, 2.24) is 21.3 Å². The molecule has 0 aliphatic carbocycles. The van der Waals surface area contributed by atoms with Crippen LogP contribution in [0, 0.1) is 0 Å². The van der Waals surface area contributed by atoms with E-state index < -0.39 is 17.2 Å². The van der Waals surface area contributed by atoms with Crippen LogP contribution in [0.4, 0.5) is 4.79 Å². The third-order valence-electron chi connectivity index (χ3n) is 3.65. The van der Waals surface area contributed by atoms with Gasteiger partial charge in [-0.1, -0.05) is 0 Å². The lowest BCUT2D eigenvalue weighted by Crippen LogP contribution is -2.49. The van der Waals surface area contributed by atoms with Crippen molar-refractivity contribution < 1.29 is 19.4 Å². The highest BCUT2D eigenvalue weighted by atomic mass is 16.6. The van der Waals surface area contributed by atoms with E-state index in [1.165, 1.54) is 12.1 Å². The van der Waals surface area contributed by atoms with Gasteiger partial charge in [0, 0.05) is 25.2 Å². The Labute approximate surface area is 178 Å². The number of rotatable bonds is 8. The number of guanidine groups is 1. The third kappa shape index (κ3) is 10.5. The summed E-state index contributed by atoms with van der Waals surface area (Å²) < 4.78 is 5.29. The Kier molecular flexibility index (Phi) is 9.42. The van der Waals surface area contributed by atoms with Crippen LogP contribution in [0.1, 0.15) is 51.9 Å². The lowest BCUT2D eigenvalue weighted by atomic mass is 10.1. The Hall–Kier alpha value is -2.97. The molecule has 0 saturated heterocycles. The third-order valence-corrected chi connectivity index (χ3v) is 3.65. The van der Waals surface area contributed by atoms with Gasteiger partial charge in [0.15, 0.2) is 5.96 Å². The number of hydrogen-bond donors (Lipinski definition) is 5. The molecule has 168 valence electrons. The zero-order valence-corrected chi connectivity index (χ0v) is 18.8. The van der Waals surface area contributed by atoms with Crippen LogP contribution in [0.3, 0.4) is 0 Å². The van der Waals surface area contributed by atoms with Gasteiger partial charge in [0.1, 0.15) is 11.4 Å². The zero-order valence-electron chi connectivity index (χ0n) is 18.8. The summed E-state index contributed by atoms with van der Waals surface area (Å²) in [6.07, 6.45) is -0.488. The molecule has 0 unspecified atom stereocenters. The molecule has 0 aliphatic heterocycles. The van der Waals surface area contributed by atoms with Crippen molar-refractivity contribution in [2.75, 3.05) is 26.2 Å². The molecule has 9 heteroatoms. The number of phenolic OH excluding ortho intramolecular Hbond substituents is 1. The molecule has 1 aromatic carbocycles. The molecule has 0 radical (unpaired) electrons. The number of nitrogens with zero attached hydrogens (tertiary/aromatic N) is 1. The average Bonchev–Trinajstić information content (AvgIpc) is 2.61. The van der Waals surface area contributed by atoms with Crippen molar-refractivity contribution in [3.8, 4) is 5.75 Å². The summed E-state index contributed by atoms with van der Waals surface area (Å²) in [4.78, 5) is 28.6. The van der Waals surface area contributed by atoms with Crippen LogP contribution in [-0.2, 0) is 4.74 Å². The molecule has 0 aromatic heterocycles. The van der Waals surface area contributed by atoms with E-state index in [1.54, 1.807) is 12.1 Å². The van der Waals surface area contributed by atoms with Gasteiger partial charge in [-0.2, -0.15) is 0 Å². The first-order chi connectivity index (χ1) is 13.9. The lowest BCUT2D eigenvalue weighted by molar-refractivity contribution is 0.0476. The van der Waals surface area contributed by atoms with Crippen LogP contribution in [0.15, 0.2) is 29.3 Å². The fourth-order valence-electron chi connectivity index (χ4n) is 2.31. The molecule has 1 rings (SSSR count). The van der Waals surface area contributed by atoms with Crippen molar-refractivity contribution in [2.45, 2.75) is 52.7 Å². The molecule has 0 aliphatic rings. The first-order valence-corrected chi connectivity index (χ1v) is 10.0. The second-order valence-electron chi connectivity index (χ2n) is 8.44. The normalized spacial score (nSPS) is 12.1. The van der Waals surface area contributed by atoms with E-state index in [-0.39, 0.29) is 11.7 Å². The van der Waals surface area contributed by atoms with Crippen LogP contribution in [0.25, 0.3) is 0 Å². The maximum absolute atomic E-state index is 12.1. The van der Waals surface area contributed by atoms with Gasteiger partial charge in [-0.3, -0.25) is 9.79 Å². The zero-order chi connectivity index (χ0) is 22.8. The fourth-order valence-corrected chi connectivity index (χ4v) is 2.31. The number of aromatic hydroxyl groups is 1. The van der Waals surface area contributed by atoms with Crippen LogP contribution < -0.4 is 21.3 Å². The van der Waals surface area contributed by atoms with Gasteiger partial charge in [0.25, 0.3) is 5.91 Å². The number of nitrogens with one attached hydrogen (secondary N) is 4. The second-order valence-corrected chi connectivity index (χ2v) is 8.44. The largest absolute Gasteiger partial charge is 0.508 e. The number of benzene rings is 1. The number of phenols is 1. The highest BCUT2D eigenvalue weighted by Gasteiger charge is 2.24. The topological polar surface area (TPSA) is 124 Å². The maximum atomic E-state index is 12.1. The Morgan fingerprint density at radius 1 is 1.00 bits per heavy atom. The molecule has 0 bridgehead atoms. The van der Waals surface area contributed by atoms with E-state index in [1.807, 2.05) is 41.5 Å². The van der Waals surface area contributed by atoms with Crippen LogP contribution in [0.5, 0.6) is 5.75 Å². The molecular weight excluding hydrogens is 386 g/mol. The van der Waals surface area contributed by atoms with Crippen molar-refractivity contribution in [1.29, 1.82) is 0 Å². The van der Waals surface area contributed by atoms with Crippen LogP contribution in [0.2, 0.25) is 0 Å². The minimum atomic E-state index is -0.599. The van der Waals surface area contributed by atoms with Gasteiger partial charge in [-0.05, 0) is 65.8 Å². The molecule has 30 heavy (non-hydrogen) atoms. The first-order valence-electron chi connectivity index (χ1n) is 10.0. The molecule has 0 spiro atoms. The Balaban J connectivity index is 2.50. The van der Waals surface area contributed by atoms with Gasteiger partial charge in [0.2, 0.25) is 0 Å². The molecular formula is C21H35N5O4. The molecule has 2 amide bonds. The minimum Gasteiger partial charge on any atom is -0.508 e. The summed E-state index contributed by atoms with van der Waals surface area (Å²) in [5, 5.41) is 21.2. The summed E-state index contributed by atoms with van der Waals surface area (Å²) in [5.74, 6) is 0.473. The van der Waals surface area contributed by atoms with E-state index in [4.69, 9.17) is 4.74 Å². The molecule has 0 atom stereocenters. The van der Waals surface area contributed by atoms with Gasteiger partial charge >= 0.3 is 6.09 Å². The van der Waals surface area contributed by atoms with E-state index in [0.717, 1.165) is 0 Å². The first kappa shape index (κ1) is 25.1. The van der Waals surface area contributed by atoms with Crippen molar-refractivity contribution in [3.63, 3.8) is 0 Å². The summed E-state index contributed by atoms with van der Waals surface area (Å²) >= 11 is 0. The Bertz CT molecular complexity index is 724. The number of alkyl carbamates (subject to hydrolysis) is 1. The van der Waals surface area contributed by atoms with E-state index >= 15 is 0 Å². The fraction of sp³-hybridized carbons (Fsp3) is 0.571. The molecule has 5 N–H and O–H groups in total. The number of hydrogen-bond acceptors (Lipinski definition) is 5. The quantitative estimate of drug-likeness (QED) is 0.248. The average molecular weight is 422 g/mol.